The van der Waals surface area contributed by atoms with E-state index in [4.69, 9.17) is 11.6 Å². The summed E-state index contributed by atoms with van der Waals surface area (Å²) >= 11 is 8.96. The molecule has 4 nitrogen and oxygen atoms in total. The number of aromatic nitrogens is 2. The number of amides is 1. The molecule has 0 bridgehead atoms. The number of nitrogens with one attached hydrogen (secondary N) is 1. The summed E-state index contributed by atoms with van der Waals surface area (Å²) in [6, 6.07) is 15.4. The highest BCUT2D eigenvalue weighted by molar-refractivity contribution is 8.00. The van der Waals surface area contributed by atoms with Crippen molar-refractivity contribution in [1.82, 2.24) is 10.2 Å². The van der Waals surface area contributed by atoms with Crippen LogP contribution in [0.15, 0.2) is 53.4 Å². The maximum atomic E-state index is 12.1. The van der Waals surface area contributed by atoms with Crippen LogP contribution in [0.1, 0.15) is 5.56 Å². The minimum atomic E-state index is -0.106. The fourth-order valence-corrected chi connectivity index (χ4v) is 3.94. The Bertz CT molecular complexity index is 866. The molecule has 1 aromatic heterocycles. The molecule has 0 saturated heterocycles. The summed E-state index contributed by atoms with van der Waals surface area (Å²) in [5.74, 6) is 0.219. The molecule has 0 spiro atoms. The zero-order valence-corrected chi connectivity index (χ0v) is 15.2. The average molecular weight is 376 g/mol. The van der Waals surface area contributed by atoms with Crippen LogP contribution in [0, 0.1) is 6.92 Å². The number of carbonyl (C=O) groups excluding carboxylic acids is 1. The molecule has 1 N–H and O–H groups in total. The van der Waals surface area contributed by atoms with Crippen molar-refractivity contribution in [2.75, 3.05) is 11.1 Å². The molecule has 0 aliphatic heterocycles. The molecule has 0 fully saturated rings. The van der Waals surface area contributed by atoms with Gasteiger partial charge in [0, 0.05) is 10.5 Å². The van der Waals surface area contributed by atoms with Crippen molar-refractivity contribution in [2.24, 2.45) is 0 Å². The van der Waals surface area contributed by atoms with Gasteiger partial charge in [-0.15, -0.1) is 22.0 Å². The van der Waals surface area contributed by atoms with Crippen molar-refractivity contribution in [2.45, 2.75) is 11.8 Å². The average Bonchev–Trinajstić information content (AvgIpc) is 3.03. The van der Waals surface area contributed by atoms with Crippen LogP contribution in [0.25, 0.3) is 10.6 Å². The van der Waals surface area contributed by atoms with Gasteiger partial charge in [-0.3, -0.25) is 10.1 Å². The lowest BCUT2D eigenvalue weighted by Crippen LogP contribution is -2.13. The first kappa shape index (κ1) is 17.0. The van der Waals surface area contributed by atoms with Gasteiger partial charge in [-0.05, 0) is 24.6 Å². The summed E-state index contributed by atoms with van der Waals surface area (Å²) in [6.45, 7) is 2.03. The quantitative estimate of drug-likeness (QED) is 0.644. The first-order valence-electron chi connectivity index (χ1n) is 7.20. The van der Waals surface area contributed by atoms with E-state index in [9.17, 15) is 4.79 Å². The van der Waals surface area contributed by atoms with Crippen LogP contribution in [-0.4, -0.2) is 21.9 Å². The van der Waals surface area contributed by atoms with Gasteiger partial charge in [-0.1, -0.05) is 59.3 Å². The second kappa shape index (κ2) is 7.79. The fourth-order valence-electron chi connectivity index (χ4n) is 2.03. The number of hydrogen-bond donors (Lipinski definition) is 1. The number of aryl methyl sites for hydroxylation is 1. The van der Waals surface area contributed by atoms with Crippen molar-refractivity contribution >= 4 is 45.7 Å². The monoisotopic (exact) mass is 375 g/mol. The molecule has 122 valence electrons. The summed E-state index contributed by atoms with van der Waals surface area (Å²) in [7, 11) is 0. The summed E-state index contributed by atoms with van der Waals surface area (Å²) in [4.78, 5) is 13.2. The van der Waals surface area contributed by atoms with E-state index >= 15 is 0 Å². The third-order valence-corrected chi connectivity index (χ3v) is 5.61. The van der Waals surface area contributed by atoms with Crippen LogP contribution in [0.2, 0.25) is 5.02 Å². The predicted molar refractivity (Wildman–Crippen MR) is 101 cm³/mol. The van der Waals surface area contributed by atoms with Crippen LogP contribution < -0.4 is 5.32 Å². The van der Waals surface area contributed by atoms with Gasteiger partial charge in [0.2, 0.25) is 11.0 Å². The largest absolute Gasteiger partial charge is 0.300 e. The first-order valence-corrected chi connectivity index (χ1v) is 9.38. The Labute approximate surface area is 153 Å². The van der Waals surface area contributed by atoms with E-state index in [2.05, 4.69) is 15.5 Å². The van der Waals surface area contributed by atoms with E-state index in [1.165, 1.54) is 23.1 Å². The predicted octanol–water partition coefficient (Wildman–Crippen LogP) is 4.90. The lowest BCUT2D eigenvalue weighted by molar-refractivity contribution is -0.113. The van der Waals surface area contributed by atoms with Gasteiger partial charge in [-0.25, -0.2) is 0 Å². The molecular weight excluding hydrogens is 362 g/mol. The van der Waals surface area contributed by atoms with Crippen molar-refractivity contribution in [3.8, 4) is 10.6 Å². The minimum absolute atomic E-state index is 0.106. The zero-order valence-electron chi connectivity index (χ0n) is 12.8. The molecular formula is C17H14ClN3OS2. The molecule has 2 aromatic carbocycles. The van der Waals surface area contributed by atoms with E-state index in [0.717, 1.165) is 16.0 Å². The number of anilines is 1. The van der Waals surface area contributed by atoms with Crippen LogP contribution in [0.3, 0.4) is 0 Å². The van der Waals surface area contributed by atoms with E-state index in [-0.39, 0.29) is 5.91 Å². The summed E-state index contributed by atoms with van der Waals surface area (Å²) in [5.41, 5.74) is 1.97. The molecule has 0 atom stereocenters. The second-order valence-corrected chi connectivity index (χ2v) is 7.40. The standard InChI is InChI=1S/C17H14ClN3OS2/c1-11-6-2-5-9-14(11)23-10-15(22)19-17-21-20-16(24-17)12-7-3-4-8-13(12)18/h2-9H,10H2,1H3,(H,19,21,22). The number of halogens is 1. The van der Waals surface area contributed by atoms with Gasteiger partial charge in [0.25, 0.3) is 0 Å². The minimum Gasteiger partial charge on any atom is -0.300 e. The highest BCUT2D eigenvalue weighted by Crippen LogP contribution is 2.31. The number of rotatable bonds is 5. The van der Waals surface area contributed by atoms with Gasteiger partial charge in [0.05, 0.1) is 10.8 Å². The lowest BCUT2D eigenvalue weighted by Gasteiger charge is -2.04. The number of thioether (sulfide) groups is 1. The molecule has 3 rings (SSSR count). The number of benzene rings is 2. The Hall–Kier alpha value is -1.89. The van der Waals surface area contributed by atoms with Crippen molar-refractivity contribution in [3.63, 3.8) is 0 Å². The van der Waals surface area contributed by atoms with E-state index in [1.807, 2.05) is 49.4 Å². The molecule has 0 unspecified atom stereocenters. The Balaban J connectivity index is 1.62. The third-order valence-electron chi connectivity index (χ3n) is 3.23. The number of carbonyl (C=O) groups is 1. The summed E-state index contributed by atoms with van der Waals surface area (Å²) in [6.07, 6.45) is 0. The van der Waals surface area contributed by atoms with E-state index < -0.39 is 0 Å². The zero-order chi connectivity index (χ0) is 16.9. The van der Waals surface area contributed by atoms with Crippen LogP contribution in [0.4, 0.5) is 5.13 Å². The molecule has 0 aliphatic rings. The SMILES string of the molecule is Cc1ccccc1SCC(=O)Nc1nnc(-c2ccccc2Cl)s1. The van der Waals surface area contributed by atoms with Crippen LogP contribution >= 0.6 is 34.7 Å². The van der Waals surface area contributed by atoms with Crippen molar-refractivity contribution in [1.29, 1.82) is 0 Å². The van der Waals surface area contributed by atoms with Crippen LogP contribution in [-0.2, 0) is 4.79 Å². The molecule has 1 amide bonds. The van der Waals surface area contributed by atoms with Crippen molar-refractivity contribution < 1.29 is 4.79 Å². The van der Waals surface area contributed by atoms with Gasteiger partial charge in [-0.2, -0.15) is 0 Å². The number of hydrogen-bond acceptors (Lipinski definition) is 5. The summed E-state index contributed by atoms with van der Waals surface area (Å²) < 4.78 is 0. The smallest absolute Gasteiger partial charge is 0.236 e. The molecule has 3 aromatic rings. The van der Waals surface area contributed by atoms with Gasteiger partial charge >= 0.3 is 0 Å². The third kappa shape index (κ3) is 4.14. The Morgan fingerprint density at radius 2 is 1.92 bits per heavy atom. The molecule has 0 saturated carbocycles. The van der Waals surface area contributed by atoms with E-state index in [0.29, 0.717) is 20.9 Å². The highest BCUT2D eigenvalue weighted by atomic mass is 35.5. The molecule has 1 heterocycles. The van der Waals surface area contributed by atoms with Gasteiger partial charge < -0.3 is 0 Å². The second-order valence-electron chi connectivity index (χ2n) is 4.99. The van der Waals surface area contributed by atoms with Crippen LogP contribution in [0.5, 0.6) is 0 Å². The lowest BCUT2D eigenvalue weighted by atomic mass is 10.2. The van der Waals surface area contributed by atoms with Crippen molar-refractivity contribution in [3.05, 3.63) is 59.1 Å². The highest BCUT2D eigenvalue weighted by Gasteiger charge is 2.12. The first-order chi connectivity index (χ1) is 11.6. The maximum absolute atomic E-state index is 12.1. The maximum Gasteiger partial charge on any atom is 0.236 e. The fraction of sp³-hybridized carbons (Fsp3) is 0.118. The molecule has 0 radical (unpaired) electrons. The van der Waals surface area contributed by atoms with Gasteiger partial charge in [0.15, 0.2) is 5.01 Å². The van der Waals surface area contributed by atoms with E-state index in [1.54, 1.807) is 6.07 Å². The number of nitrogens with zero attached hydrogens (tertiary/aromatic N) is 2. The Kier molecular flexibility index (Phi) is 5.50. The topological polar surface area (TPSA) is 54.9 Å². The Morgan fingerprint density at radius 3 is 2.71 bits per heavy atom. The Morgan fingerprint density at radius 1 is 1.17 bits per heavy atom. The molecule has 0 aliphatic carbocycles. The van der Waals surface area contributed by atoms with Gasteiger partial charge in [0.1, 0.15) is 0 Å². The molecule has 7 heteroatoms. The summed E-state index contributed by atoms with van der Waals surface area (Å²) in [5, 5.41) is 12.7. The normalized spacial score (nSPS) is 10.6. The molecule has 24 heavy (non-hydrogen) atoms.